The topological polar surface area (TPSA) is 45.5 Å². The molecule has 0 amide bonds. The van der Waals surface area contributed by atoms with Crippen molar-refractivity contribution in [2.24, 2.45) is 0 Å². The number of aromatic nitrogens is 6. The van der Waals surface area contributed by atoms with E-state index in [1.807, 2.05) is 12.3 Å². The molecule has 0 radical (unpaired) electrons. The van der Waals surface area contributed by atoms with E-state index in [9.17, 15) is 0 Å². The molecule has 0 saturated carbocycles. The van der Waals surface area contributed by atoms with Crippen LogP contribution in [0.2, 0.25) is 0 Å². The van der Waals surface area contributed by atoms with E-state index in [0.717, 1.165) is 55.7 Å². The minimum absolute atomic E-state index is 0.633. The third kappa shape index (κ3) is 3.73. The van der Waals surface area contributed by atoms with Crippen molar-refractivity contribution in [2.75, 3.05) is 0 Å². The summed E-state index contributed by atoms with van der Waals surface area (Å²) in [4.78, 5) is 10.4. The van der Waals surface area contributed by atoms with Gasteiger partial charge in [-0.05, 0) is 66.7 Å². The van der Waals surface area contributed by atoms with Crippen LogP contribution >= 0.6 is 0 Å². The lowest BCUT2D eigenvalue weighted by molar-refractivity contribution is 0.951. The van der Waals surface area contributed by atoms with Crippen molar-refractivity contribution in [3.63, 3.8) is 0 Å². The molecule has 6 heteroatoms. The fourth-order valence-corrected chi connectivity index (χ4v) is 8.00. The van der Waals surface area contributed by atoms with E-state index >= 15 is 0 Å². The Morgan fingerprint density at radius 1 is 0.360 bits per heavy atom. The Morgan fingerprint density at radius 3 is 1.44 bits per heavy atom. The molecule has 0 aliphatic carbocycles. The normalized spacial score (nSPS) is 12.0. The fourth-order valence-electron chi connectivity index (χ4n) is 8.00. The Kier molecular flexibility index (Phi) is 5.57. The van der Waals surface area contributed by atoms with Crippen LogP contribution in [0, 0.1) is 0 Å². The van der Waals surface area contributed by atoms with Crippen LogP contribution in [-0.4, -0.2) is 28.2 Å². The van der Waals surface area contributed by atoms with Gasteiger partial charge in [-0.15, -0.1) is 0 Å². The second kappa shape index (κ2) is 10.3. The Balaban J connectivity index is 1.19. The van der Waals surface area contributed by atoms with Crippen molar-refractivity contribution in [1.29, 1.82) is 0 Å². The number of fused-ring (bicyclic) bond motifs is 10. The molecular weight excluding hydrogens is 613 g/mol. The molecule has 5 heterocycles. The molecule has 0 spiro atoms. The van der Waals surface area contributed by atoms with Crippen LogP contribution in [0.25, 0.3) is 88.6 Å². The van der Waals surface area contributed by atoms with Gasteiger partial charge in [0.1, 0.15) is 5.82 Å². The summed E-state index contributed by atoms with van der Waals surface area (Å²) in [5, 5.41) is 7.05. The number of para-hydroxylation sites is 4. The summed E-state index contributed by atoms with van der Waals surface area (Å²) in [7, 11) is 0. The van der Waals surface area contributed by atoms with Crippen molar-refractivity contribution in [3.05, 3.63) is 170 Å². The van der Waals surface area contributed by atoms with E-state index in [2.05, 4.69) is 176 Å². The van der Waals surface area contributed by atoms with Gasteiger partial charge in [0.2, 0.25) is 5.95 Å². The van der Waals surface area contributed by atoms with Crippen molar-refractivity contribution in [2.45, 2.75) is 0 Å². The molecule has 50 heavy (non-hydrogen) atoms. The first-order valence-electron chi connectivity index (χ1n) is 16.8. The summed E-state index contributed by atoms with van der Waals surface area (Å²) in [5.74, 6) is 1.45. The predicted molar refractivity (Wildman–Crippen MR) is 204 cm³/mol. The molecule has 6 nitrogen and oxygen atoms in total. The Labute approximate surface area is 286 Å². The molecule has 0 fully saturated rings. The molecule has 234 valence electrons. The first kappa shape index (κ1) is 27.1. The number of hydrogen-bond acceptors (Lipinski definition) is 2. The van der Waals surface area contributed by atoms with Crippen molar-refractivity contribution in [3.8, 4) is 23.1 Å². The molecule has 5 aromatic heterocycles. The average Bonchev–Trinajstić information content (AvgIpc) is 3.96. The second-order valence-electron chi connectivity index (χ2n) is 12.8. The van der Waals surface area contributed by atoms with E-state index in [1.165, 1.54) is 26.9 Å². The SMILES string of the molecule is c1ccc(-n2ccc3c2ccc2c4ccccc4n(-c4ccnc(-n5c6ccccc6c6ccc7c(ccn7-c7ccccc7)c65)n4)c23)cc1. The number of hydrogen-bond donors (Lipinski definition) is 0. The van der Waals surface area contributed by atoms with Crippen molar-refractivity contribution >= 4 is 65.4 Å². The quantitative estimate of drug-likeness (QED) is 0.192. The number of benzene rings is 6. The monoisotopic (exact) mass is 640 g/mol. The third-order valence-corrected chi connectivity index (χ3v) is 10.1. The van der Waals surface area contributed by atoms with Gasteiger partial charge in [-0.3, -0.25) is 9.13 Å². The maximum absolute atomic E-state index is 5.40. The van der Waals surface area contributed by atoms with Gasteiger partial charge in [0, 0.05) is 62.3 Å². The molecule has 0 atom stereocenters. The first-order chi connectivity index (χ1) is 24.8. The molecule has 0 N–H and O–H groups in total. The predicted octanol–water partition coefficient (Wildman–Crippen LogP) is 10.6. The van der Waals surface area contributed by atoms with E-state index in [0.29, 0.717) is 5.95 Å². The lowest BCUT2D eigenvalue weighted by Crippen LogP contribution is -2.05. The molecule has 11 rings (SSSR count). The van der Waals surface area contributed by atoms with Crippen molar-refractivity contribution < 1.29 is 0 Å². The summed E-state index contributed by atoms with van der Waals surface area (Å²) in [6.07, 6.45) is 6.21. The largest absolute Gasteiger partial charge is 0.316 e. The van der Waals surface area contributed by atoms with Crippen LogP contribution in [0.1, 0.15) is 0 Å². The van der Waals surface area contributed by atoms with Gasteiger partial charge in [0.25, 0.3) is 0 Å². The van der Waals surface area contributed by atoms with Crippen LogP contribution in [0.3, 0.4) is 0 Å². The zero-order valence-electron chi connectivity index (χ0n) is 26.8. The summed E-state index contributed by atoms with van der Waals surface area (Å²) in [6, 6.07) is 53.6. The minimum Gasteiger partial charge on any atom is -0.316 e. The highest BCUT2D eigenvalue weighted by atomic mass is 15.2. The smallest absolute Gasteiger partial charge is 0.236 e. The summed E-state index contributed by atoms with van der Waals surface area (Å²) >= 11 is 0. The summed E-state index contributed by atoms with van der Waals surface area (Å²) in [6.45, 7) is 0. The Bertz CT molecular complexity index is 2880. The standard InChI is InChI=1S/C44H28N6/c1-3-11-29(12-4-1)47-27-24-35-37(47)21-19-33-31-15-7-9-17-39(31)49(42(33)35)41-23-26-45-44(46-41)50-40-18-10-8-16-32(40)34-20-22-38-36(43(34)50)25-28-48(38)30-13-5-2-6-14-30/h1-28H. The molecular formula is C44H28N6. The lowest BCUT2D eigenvalue weighted by atomic mass is 10.1. The van der Waals surface area contributed by atoms with E-state index in [1.54, 1.807) is 0 Å². The molecule has 0 saturated heterocycles. The minimum atomic E-state index is 0.633. The first-order valence-corrected chi connectivity index (χ1v) is 16.8. The highest BCUT2D eigenvalue weighted by Gasteiger charge is 2.21. The van der Waals surface area contributed by atoms with Gasteiger partial charge in [-0.1, -0.05) is 84.9 Å². The molecule has 0 aliphatic heterocycles. The van der Waals surface area contributed by atoms with Gasteiger partial charge in [0.05, 0.1) is 33.1 Å². The van der Waals surface area contributed by atoms with Gasteiger partial charge in [0.15, 0.2) is 0 Å². The number of nitrogens with zero attached hydrogens (tertiary/aromatic N) is 6. The maximum Gasteiger partial charge on any atom is 0.236 e. The fraction of sp³-hybridized carbons (Fsp3) is 0. The van der Waals surface area contributed by atoms with Crippen LogP contribution in [-0.2, 0) is 0 Å². The molecule has 11 aromatic rings. The van der Waals surface area contributed by atoms with E-state index < -0.39 is 0 Å². The zero-order valence-corrected chi connectivity index (χ0v) is 26.8. The second-order valence-corrected chi connectivity index (χ2v) is 12.8. The maximum atomic E-state index is 5.40. The molecule has 0 unspecified atom stereocenters. The molecule has 6 aromatic carbocycles. The van der Waals surface area contributed by atoms with Crippen LogP contribution < -0.4 is 0 Å². The van der Waals surface area contributed by atoms with Crippen LogP contribution in [0.15, 0.2) is 170 Å². The van der Waals surface area contributed by atoms with Gasteiger partial charge in [-0.25, -0.2) is 4.98 Å². The van der Waals surface area contributed by atoms with E-state index in [-0.39, 0.29) is 0 Å². The van der Waals surface area contributed by atoms with Crippen LogP contribution in [0.4, 0.5) is 0 Å². The highest BCUT2D eigenvalue weighted by molar-refractivity contribution is 6.19. The van der Waals surface area contributed by atoms with E-state index in [4.69, 9.17) is 9.97 Å². The third-order valence-electron chi connectivity index (χ3n) is 10.1. The van der Waals surface area contributed by atoms with Gasteiger partial charge >= 0.3 is 0 Å². The highest BCUT2D eigenvalue weighted by Crippen LogP contribution is 2.39. The molecule has 0 bridgehead atoms. The lowest BCUT2D eigenvalue weighted by Gasteiger charge is -2.12. The van der Waals surface area contributed by atoms with Gasteiger partial charge < -0.3 is 9.13 Å². The summed E-state index contributed by atoms with van der Waals surface area (Å²) in [5.41, 5.74) is 8.95. The Morgan fingerprint density at radius 2 is 0.860 bits per heavy atom. The average molecular weight is 641 g/mol. The zero-order chi connectivity index (χ0) is 32.8. The number of rotatable bonds is 4. The molecule has 0 aliphatic rings. The van der Waals surface area contributed by atoms with Crippen LogP contribution in [0.5, 0.6) is 0 Å². The van der Waals surface area contributed by atoms with Crippen molar-refractivity contribution in [1.82, 2.24) is 28.2 Å². The van der Waals surface area contributed by atoms with Gasteiger partial charge in [-0.2, -0.15) is 4.98 Å². The summed E-state index contributed by atoms with van der Waals surface area (Å²) < 4.78 is 9.05. The Hall–Kier alpha value is -6.92.